The summed E-state index contributed by atoms with van der Waals surface area (Å²) in [6.45, 7) is 5.71. The summed E-state index contributed by atoms with van der Waals surface area (Å²) in [6, 6.07) is 14.3. The van der Waals surface area contributed by atoms with Gasteiger partial charge in [-0.2, -0.15) is 5.10 Å². The van der Waals surface area contributed by atoms with E-state index in [0.717, 1.165) is 11.1 Å². The van der Waals surface area contributed by atoms with Gasteiger partial charge in [0.2, 0.25) is 0 Å². The highest BCUT2D eigenvalue weighted by molar-refractivity contribution is 5.89. The summed E-state index contributed by atoms with van der Waals surface area (Å²) in [5.41, 5.74) is 3.96. The molecule has 0 aromatic heterocycles. The molecule has 0 atom stereocenters. The van der Waals surface area contributed by atoms with Gasteiger partial charge >= 0.3 is 12.1 Å². The lowest BCUT2D eigenvalue weighted by Crippen LogP contribution is -2.29. The molecule has 148 valence electrons. The van der Waals surface area contributed by atoms with Crippen LogP contribution in [0.1, 0.15) is 42.3 Å². The number of hydrazone groups is 1. The molecule has 0 radical (unpaired) electrons. The number of esters is 1. The van der Waals surface area contributed by atoms with Gasteiger partial charge in [-0.3, -0.25) is 0 Å². The lowest BCUT2D eigenvalue weighted by Gasteiger charge is -2.18. The van der Waals surface area contributed by atoms with Crippen LogP contribution in [-0.2, 0) is 16.1 Å². The van der Waals surface area contributed by atoms with Gasteiger partial charge in [0, 0.05) is 0 Å². The largest absolute Gasteiger partial charge is 0.489 e. The molecular weight excluding hydrogens is 360 g/mol. The molecule has 0 saturated carbocycles. The molecule has 0 heterocycles. The second-order valence-corrected chi connectivity index (χ2v) is 6.92. The summed E-state index contributed by atoms with van der Waals surface area (Å²) >= 11 is 0. The maximum Gasteiger partial charge on any atom is 0.428 e. The van der Waals surface area contributed by atoms with Gasteiger partial charge in [-0.25, -0.2) is 15.0 Å². The predicted octanol–water partition coefficient (Wildman–Crippen LogP) is 3.91. The molecule has 28 heavy (non-hydrogen) atoms. The SMILES string of the molecule is COC(=O)c1ccc(COc2ccc(/C=N\NC(=O)OC(C)(C)C)cc2)cc1. The third-order valence-electron chi connectivity index (χ3n) is 3.43. The number of carbonyl (C=O) groups excluding carboxylic acids is 2. The molecule has 2 rings (SSSR count). The van der Waals surface area contributed by atoms with E-state index in [2.05, 4.69) is 15.3 Å². The fourth-order valence-electron chi connectivity index (χ4n) is 2.13. The molecule has 0 aliphatic heterocycles. The van der Waals surface area contributed by atoms with E-state index in [-0.39, 0.29) is 5.97 Å². The number of carbonyl (C=O) groups is 2. The molecule has 0 aliphatic rings. The van der Waals surface area contributed by atoms with Crippen LogP contribution in [0.25, 0.3) is 0 Å². The highest BCUT2D eigenvalue weighted by Gasteiger charge is 2.15. The zero-order chi connectivity index (χ0) is 20.6. The van der Waals surface area contributed by atoms with E-state index < -0.39 is 11.7 Å². The third kappa shape index (κ3) is 7.11. The Hall–Kier alpha value is -3.35. The molecule has 0 saturated heterocycles. The van der Waals surface area contributed by atoms with Crippen LogP contribution in [0.4, 0.5) is 4.79 Å². The minimum atomic E-state index is -0.609. The smallest absolute Gasteiger partial charge is 0.428 e. The van der Waals surface area contributed by atoms with Crippen LogP contribution in [0.15, 0.2) is 53.6 Å². The molecule has 0 unspecified atom stereocenters. The highest BCUT2D eigenvalue weighted by atomic mass is 16.6. The summed E-state index contributed by atoms with van der Waals surface area (Å²) in [7, 11) is 1.35. The Morgan fingerprint density at radius 2 is 1.68 bits per heavy atom. The van der Waals surface area contributed by atoms with E-state index in [1.165, 1.54) is 13.3 Å². The van der Waals surface area contributed by atoms with Gasteiger partial charge in [-0.05, 0) is 68.3 Å². The van der Waals surface area contributed by atoms with Crippen molar-refractivity contribution in [1.82, 2.24) is 5.43 Å². The summed E-state index contributed by atoms with van der Waals surface area (Å²) in [6.07, 6.45) is 0.904. The van der Waals surface area contributed by atoms with Crippen molar-refractivity contribution < 1.29 is 23.8 Å². The normalized spacial score (nSPS) is 11.1. The van der Waals surface area contributed by atoms with E-state index in [0.29, 0.717) is 17.9 Å². The Balaban J connectivity index is 1.83. The molecule has 0 fully saturated rings. The second-order valence-electron chi connectivity index (χ2n) is 6.92. The summed E-state index contributed by atoms with van der Waals surface area (Å²) < 4.78 is 15.5. The quantitative estimate of drug-likeness (QED) is 0.464. The lowest BCUT2D eigenvalue weighted by molar-refractivity contribution is 0.0528. The summed E-state index contributed by atoms with van der Waals surface area (Å²) in [5.74, 6) is 0.320. The fraction of sp³-hybridized carbons (Fsp3) is 0.286. The Morgan fingerprint density at radius 3 is 2.25 bits per heavy atom. The molecule has 2 aromatic rings. The van der Waals surface area contributed by atoms with Gasteiger partial charge < -0.3 is 14.2 Å². The van der Waals surface area contributed by atoms with Crippen molar-refractivity contribution in [3.63, 3.8) is 0 Å². The van der Waals surface area contributed by atoms with Gasteiger partial charge in [-0.15, -0.1) is 0 Å². The van der Waals surface area contributed by atoms with Crippen molar-refractivity contribution in [3.8, 4) is 5.75 Å². The second kappa shape index (κ2) is 9.55. The van der Waals surface area contributed by atoms with Crippen LogP contribution in [-0.4, -0.2) is 31.0 Å². The topological polar surface area (TPSA) is 86.2 Å². The van der Waals surface area contributed by atoms with Gasteiger partial charge in [0.05, 0.1) is 18.9 Å². The number of rotatable bonds is 6. The van der Waals surface area contributed by atoms with Crippen LogP contribution in [0, 0.1) is 0 Å². The average molecular weight is 384 g/mol. The van der Waals surface area contributed by atoms with Crippen molar-refractivity contribution in [3.05, 3.63) is 65.2 Å². The van der Waals surface area contributed by atoms with Crippen LogP contribution in [0.2, 0.25) is 0 Å². The molecular formula is C21H24N2O5. The minimum absolute atomic E-state index is 0.370. The Kier molecular flexibility index (Phi) is 7.14. The van der Waals surface area contributed by atoms with Gasteiger partial charge in [0.1, 0.15) is 18.0 Å². The van der Waals surface area contributed by atoms with Gasteiger partial charge in [0.25, 0.3) is 0 Å². The zero-order valence-electron chi connectivity index (χ0n) is 16.4. The first-order valence-electron chi connectivity index (χ1n) is 8.69. The number of hydrogen-bond donors (Lipinski definition) is 1. The van der Waals surface area contributed by atoms with Crippen LogP contribution >= 0.6 is 0 Å². The Labute approximate surface area is 164 Å². The van der Waals surface area contributed by atoms with E-state index in [1.54, 1.807) is 45.0 Å². The van der Waals surface area contributed by atoms with E-state index >= 15 is 0 Å². The Bertz CT molecular complexity index is 821. The number of nitrogens with one attached hydrogen (secondary N) is 1. The van der Waals surface area contributed by atoms with Crippen molar-refractivity contribution in [1.29, 1.82) is 0 Å². The van der Waals surface area contributed by atoms with Gasteiger partial charge in [0.15, 0.2) is 0 Å². The molecule has 1 N–H and O–H groups in total. The van der Waals surface area contributed by atoms with E-state index in [1.807, 2.05) is 24.3 Å². The molecule has 0 aliphatic carbocycles. The zero-order valence-corrected chi connectivity index (χ0v) is 16.4. The third-order valence-corrected chi connectivity index (χ3v) is 3.43. The highest BCUT2D eigenvalue weighted by Crippen LogP contribution is 2.14. The van der Waals surface area contributed by atoms with Crippen LogP contribution in [0.5, 0.6) is 5.75 Å². The first kappa shape index (κ1) is 21.0. The molecule has 7 nitrogen and oxygen atoms in total. The van der Waals surface area contributed by atoms with Crippen LogP contribution < -0.4 is 10.2 Å². The minimum Gasteiger partial charge on any atom is -0.489 e. The molecule has 0 spiro atoms. The van der Waals surface area contributed by atoms with Crippen molar-refractivity contribution in [2.75, 3.05) is 7.11 Å². The van der Waals surface area contributed by atoms with Crippen molar-refractivity contribution in [2.24, 2.45) is 5.10 Å². The summed E-state index contributed by atoms with van der Waals surface area (Å²) in [4.78, 5) is 22.9. The number of amides is 1. The monoisotopic (exact) mass is 384 g/mol. The van der Waals surface area contributed by atoms with Gasteiger partial charge in [-0.1, -0.05) is 12.1 Å². The summed E-state index contributed by atoms with van der Waals surface area (Å²) in [5, 5.41) is 3.85. The molecule has 7 heteroatoms. The van der Waals surface area contributed by atoms with Crippen molar-refractivity contribution in [2.45, 2.75) is 33.0 Å². The number of nitrogens with zero attached hydrogens (tertiary/aromatic N) is 1. The Morgan fingerprint density at radius 1 is 1.04 bits per heavy atom. The number of benzene rings is 2. The number of hydrogen-bond acceptors (Lipinski definition) is 6. The molecule has 2 aromatic carbocycles. The van der Waals surface area contributed by atoms with E-state index in [4.69, 9.17) is 9.47 Å². The average Bonchev–Trinajstić information content (AvgIpc) is 2.66. The number of ether oxygens (including phenoxy) is 3. The lowest BCUT2D eigenvalue weighted by atomic mass is 10.1. The van der Waals surface area contributed by atoms with Crippen molar-refractivity contribution >= 4 is 18.3 Å². The maximum absolute atomic E-state index is 11.5. The first-order chi connectivity index (χ1) is 13.3. The predicted molar refractivity (Wildman–Crippen MR) is 106 cm³/mol. The standard InChI is InChI=1S/C21H24N2O5/c1-21(2,3)28-20(25)23-22-13-15-7-11-18(12-8-15)27-14-16-5-9-17(10-6-16)19(24)26-4/h5-13H,14H2,1-4H3,(H,23,25)/b22-13-. The van der Waals surface area contributed by atoms with Crippen LogP contribution in [0.3, 0.4) is 0 Å². The molecule has 1 amide bonds. The van der Waals surface area contributed by atoms with E-state index in [9.17, 15) is 9.59 Å². The fourth-order valence-corrected chi connectivity index (χ4v) is 2.13. The number of methoxy groups -OCH3 is 1. The first-order valence-corrected chi connectivity index (χ1v) is 8.69. The molecule has 0 bridgehead atoms. The maximum atomic E-state index is 11.5.